The summed E-state index contributed by atoms with van der Waals surface area (Å²) in [6.45, 7) is 5.55. The number of aryl methyl sites for hydroxylation is 2. The normalized spacial score (nSPS) is 19.7. The van der Waals surface area contributed by atoms with Gasteiger partial charge in [-0.15, -0.1) is 0 Å². The molecule has 136 valence electrons. The fraction of sp³-hybridized carbons (Fsp3) is 0.619. The Kier molecular flexibility index (Phi) is 5.77. The molecule has 1 aliphatic carbocycles. The van der Waals surface area contributed by atoms with Gasteiger partial charge in [0.15, 0.2) is 0 Å². The van der Waals surface area contributed by atoms with Crippen LogP contribution in [0.15, 0.2) is 18.2 Å². The van der Waals surface area contributed by atoms with Crippen LogP contribution >= 0.6 is 0 Å². The van der Waals surface area contributed by atoms with Crippen molar-refractivity contribution < 1.29 is 9.59 Å². The molecule has 0 atom stereocenters. The van der Waals surface area contributed by atoms with E-state index in [-0.39, 0.29) is 23.8 Å². The van der Waals surface area contributed by atoms with Gasteiger partial charge >= 0.3 is 0 Å². The second-order valence-corrected chi connectivity index (χ2v) is 7.71. The zero-order valence-corrected chi connectivity index (χ0v) is 15.5. The van der Waals surface area contributed by atoms with Crippen LogP contribution in [0.25, 0.3) is 0 Å². The predicted molar refractivity (Wildman–Crippen MR) is 99.6 cm³/mol. The van der Waals surface area contributed by atoms with Crippen molar-refractivity contribution in [2.75, 3.05) is 13.1 Å². The van der Waals surface area contributed by atoms with Crippen molar-refractivity contribution in [2.45, 2.75) is 64.8 Å². The van der Waals surface area contributed by atoms with Gasteiger partial charge in [-0.1, -0.05) is 25.3 Å². The van der Waals surface area contributed by atoms with Crippen LogP contribution in [0.2, 0.25) is 0 Å². The molecular formula is C21H30N2O2. The molecule has 1 aliphatic heterocycles. The quantitative estimate of drug-likeness (QED) is 0.912. The summed E-state index contributed by atoms with van der Waals surface area (Å²) in [5.74, 6) is 0.558. The van der Waals surface area contributed by atoms with Crippen LogP contribution in [-0.2, 0) is 4.79 Å². The molecule has 0 radical (unpaired) electrons. The third-order valence-electron chi connectivity index (χ3n) is 5.86. The monoisotopic (exact) mass is 342 g/mol. The van der Waals surface area contributed by atoms with Gasteiger partial charge in [-0.05, 0) is 62.8 Å². The highest BCUT2D eigenvalue weighted by atomic mass is 16.2. The number of rotatable bonds is 3. The first-order valence-electron chi connectivity index (χ1n) is 9.71. The fourth-order valence-electron chi connectivity index (χ4n) is 3.97. The van der Waals surface area contributed by atoms with Crippen molar-refractivity contribution in [1.29, 1.82) is 0 Å². The molecule has 1 saturated carbocycles. The summed E-state index contributed by atoms with van der Waals surface area (Å²) in [4.78, 5) is 27.0. The van der Waals surface area contributed by atoms with Crippen LogP contribution in [-0.4, -0.2) is 35.8 Å². The molecule has 1 N–H and O–H groups in total. The predicted octanol–water partition coefficient (Wildman–Crippen LogP) is 3.60. The van der Waals surface area contributed by atoms with Crippen LogP contribution in [0.5, 0.6) is 0 Å². The number of nitrogens with one attached hydrogen (secondary N) is 1. The lowest BCUT2D eigenvalue weighted by atomic mass is 9.88. The van der Waals surface area contributed by atoms with E-state index in [2.05, 4.69) is 12.2 Å². The van der Waals surface area contributed by atoms with Gasteiger partial charge in [0.05, 0.1) is 0 Å². The Morgan fingerprint density at radius 3 is 2.28 bits per heavy atom. The van der Waals surface area contributed by atoms with E-state index in [4.69, 9.17) is 0 Å². The highest BCUT2D eigenvalue weighted by Gasteiger charge is 2.27. The molecule has 4 nitrogen and oxygen atoms in total. The van der Waals surface area contributed by atoms with Gasteiger partial charge in [-0.3, -0.25) is 9.59 Å². The van der Waals surface area contributed by atoms with Crippen molar-refractivity contribution in [2.24, 2.45) is 5.92 Å². The first-order valence-corrected chi connectivity index (χ1v) is 9.71. The molecular weight excluding hydrogens is 312 g/mol. The van der Waals surface area contributed by atoms with E-state index >= 15 is 0 Å². The van der Waals surface area contributed by atoms with Gasteiger partial charge in [-0.25, -0.2) is 0 Å². The smallest absolute Gasteiger partial charge is 0.253 e. The SMILES string of the molecule is Cc1ccc(C(=O)N2CCC(NC(=O)C3CCCCC3)CC2)cc1C. The molecule has 1 aromatic carbocycles. The highest BCUT2D eigenvalue weighted by Crippen LogP contribution is 2.24. The summed E-state index contributed by atoms with van der Waals surface area (Å²) in [6.07, 6.45) is 7.42. The summed E-state index contributed by atoms with van der Waals surface area (Å²) in [7, 11) is 0. The molecule has 25 heavy (non-hydrogen) atoms. The van der Waals surface area contributed by atoms with Gasteiger partial charge < -0.3 is 10.2 Å². The number of piperidine rings is 1. The number of carbonyl (C=O) groups excluding carboxylic acids is 2. The second kappa shape index (κ2) is 8.03. The summed E-state index contributed by atoms with van der Waals surface area (Å²) < 4.78 is 0. The minimum Gasteiger partial charge on any atom is -0.353 e. The highest BCUT2D eigenvalue weighted by molar-refractivity contribution is 5.94. The maximum Gasteiger partial charge on any atom is 0.253 e. The summed E-state index contributed by atoms with van der Waals surface area (Å²) in [5, 5.41) is 3.23. The van der Waals surface area contributed by atoms with E-state index < -0.39 is 0 Å². The second-order valence-electron chi connectivity index (χ2n) is 7.71. The molecule has 0 spiro atoms. The van der Waals surface area contributed by atoms with E-state index in [9.17, 15) is 9.59 Å². The molecule has 4 heteroatoms. The lowest BCUT2D eigenvalue weighted by Gasteiger charge is -2.33. The average Bonchev–Trinajstić information content (AvgIpc) is 2.65. The number of carbonyl (C=O) groups is 2. The van der Waals surface area contributed by atoms with Crippen LogP contribution in [0.3, 0.4) is 0 Å². The third kappa shape index (κ3) is 4.42. The third-order valence-corrected chi connectivity index (χ3v) is 5.86. The average molecular weight is 342 g/mol. The van der Waals surface area contributed by atoms with Gasteiger partial charge in [0.25, 0.3) is 5.91 Å². The Labute approximate surface area is 151 Å². The van der Waals surface area contributed by atoms with Crippen molar-refractivity contribution in [3.8, 4) is 0 Å². The Balaban J connectivity index is 1.50. The van der Waals surface area contributed by atoms with Gasteiger partial charge in [0.1, 0.15) is 0 Å². The Morgan fingerprint density at radius 1 is 0.960 bits per heavy atom. The molecule has 2 fully saturated rings. The molecule has 0 aromatic heterocycles. The first-order chi connectivity index (χ1) is 12.0. The number of benzene rings is 1. The molecule has 1 saturated heterocycles. The number of amides is 2. The number of hydrogen-bond donors (Lipinski definition) is 1. The van der Waals surface area contributed by atoms with E-state index in [1.807, 2.05) is 30.0 Å². The molecule has 2 aliphatic rings. The number of nitrogens with zero attached hydrogens (tertiary/aromatic N) is 1. The van der Waals surface area contributed by atoms with Gasteiger partial charge in [0.2, 0.25) is 5.91 Å². The fourth-order valence-corrected chi connectivity index (χ4v) is 3.97. The molecule has 3 rings (SSSR count). The first kappa shape index (κ1) is 18.0. The Hall–Kier alpha value is -1.84. The number of hydrogen-bond acceptors (Lipinski definition) is 2. The van der Waals surface area contributed by atoms with Crippen molar-refractivity contribution >= 4 is 11.8 Å². The van der Waals surface area contributed by atoms with Gasteiger partial charge in [-0.2, -0.15) is 0 Å². The molecule has 1 aromatic rings. The maximum absolute atomic E-state index is 12.7. The summed E-state index contributed by atoms with van der Waals surface area (Å²) in [5.41, 5.74) is 3.13. The largest absolute Gasteiger partial charge is 0.353 e. The van der Waals surface area contributed by atoms with E-state index in [0.717, 1.165) is 49.9 Å². The zero-order chi connectivity index (χ0) is 17.8. The summed E-state index contributed by atoms with van der Waals surface area (Å²) >= 11 is 0. The van der Waals surface area contributed by atoms with Crippen LogP contribution in [0.1, 0.15) is 66.4 Å². The minimum atomic E-state index is 0.111. The Bertz CT molecular complexity index is 627. The maximum atomic E-state index is 12.7. The van der Waals surface area contributed by atoms with Crippen molar-refractivity contribution in [1.82, 2.24) is 10.2 Å². The van der Waals surface area contributed by atoms with Gasteiger partial charge in [0, 0.05) is 30.6 Å². The number of likely N-dealkylation sites (tertiary alicyclic amines) is 1. The van der Waals surface area contributed by atoms with E-state index in [0.29, 0.717) is 0 Å². The lowest BCUT2D eigenvalue weighted by Crippen LogP contribution is -2.48. The molecule has 1 heterocycles. The van der Waals surface area contributed by atoms with E-state index in [1.165, 1.54) is 24.8 Å². The van der Waals surface area contributed by atoms with Crippen molar-refractivity contribution in [3.05, 3.63) is 34.9 Å². The van der Waals surface area contributed by atoms with Crippen molar-refractivity contribution in [3.63, 3.8) is 0 Å². The molecule has 0 unspecified atom stereocenters. The van der Waals surface area contributed by atoms with Crippen LogP contribution < -0.4 is 5.32 Å². The minimum absolute atomic E-state index is 0.111. The zero-order valence-electron chi connectivity index (χ0n) is 15.5. The van der Waals surface area contributed by atoms with Crippen LogP contribution in [0, 0.1) is 19.8 Å². The molecule has 2 amide bonds. The lowest BCUT2D eigenvalue weighted by molar-refractivity contribution is -0.126. The molecule has 0 bridgehead atoms. The topological polar surface area (TPSA) is 49.4 Å². The standard InChI is InChI=1S/C21H30N2O2/c1-15-8-9-18(14-16(15)2)21(25)23-12-10-19(11-13-23)22-20(24)17-6-4-3-5-7-17/h8-9,14,17,19H,3-7,10-13H2,1-2H3,(H,22,24). The van der Waals surface area contributed by atoms with Crippen LogP contribution in [0.4, 0.5) is 0 Å². The van der Waals surface area contributed by atoms with E-state index in [1.54, 1.807) is 0 Å². The summed E-state index contributed by atoms with van der Waals surface area (Å²) in [6, 6.07) is 6.13. The Morgan fingerprint density at radius 2 is 1.64 bits per heavy atom.